The summed E-state index contributed by atoms with van der Waals surface area (Å²) in [5.41, 5.74) is 2.71. The van der Waals surface area contributed by atoms with Gasteiger partial charge in [-0.2, -0.15) is 0 Å². The second-order valence-corrected chi connectivity index (χ2v) is 12.7. The summed E-state index contributed by atoms with van der Waals surface area (Å²) in [5, 5.41) is 0. The smallest absolute Gasteiger partial charge is 0.0249 e. The zero-order valence-electron chi connectivity index (χ0n) is 23.7. The topological polar surface area (TPSA) is 0 Å². The standard InChI is InChI=1S/C36H54/c1-3-5-6-10-30-15-23-35(24-16-30)36-27-19-32(20-28-36)12-8-7-11-31-17-25-34(26-18-31)33-21-13-29(9-4-2)14-22-33/h7,11,19-20,27-31,33-35H,3-6,9-10,13-18,21-26H2,1-2H3/t29-,30-,31-,33-,34-,35-. The van der Waals surface area contributed by atoms with Crippen LogP contribution in [-0.2, 0) is 0 Å². The Hall–Kier alpha value is -1.48. The minimum atomic E-state index is 0.756. The molecule has 4 rings (SSSR count). The number of benzene rings is 1. The number of hydrogen-bond acceptors (Lipinski definition) is 0. The summed E-state index contributed by atoms with van der Waals surface area (Å²) in [5.74, 6) is 12.3. The molecule has 0 radical (unpaired) electrons. The molecule has 3 aliphatic rings. The van der Waals surface area contributed by atoms with Crippen LogP contribution in [0.5, 0.6) is 0 Å². The molecule has 198 valence electrons. The minimum absolute atomic E-state index is 0.756. The van der Waals surface area contributed by atoms with Crippen LogP contribution >= 0.6 is 0 Å². The number of hydrogen-bond donors (Lipinski definition) is 0. The van der Waals surface area contributed by atoms with Gasteiger partial charge in [-0.05, 0) is 123 Å². The van der Waals surface area contributed by atoms with Crippen LogP contribution in [0.15, 0.2) is 36.4 Å². The van der Waals surface area contributed by atoms with E-state index < -0.39 is 0 Å². The van der Waals surface area contributed by atoms with E-state index in [9.17, 15) is 0 Å². The van der Waals surface area contributed by atoms with Crippen molar-refractivity contribution in [1.82, 2.24) is 0 Å². The Morgan fingerprint density at radius 2 is 1.28 bits per heavy atom. The molecule has 0 nitrogen and oxygen atoms in total. The van der Waals surface area contributed by atoms with Crippen LogP contribution in [0.25, 0.3) is 0 Å². The van der Waals surface area contributed by atoms with Gasteiger partial charge < -0.3 is 0 Å². The summed E-state index contributed by atoms with van der Waals surface area (Å²) in [7, 11) is 0. The molecular formula is C36H54. The molecule has 0 spiro atoms. The Balaban J connectivity index is 1.15. The Bertz CT molecular complexity index is 809. The normalized spacial score (nSPS) is 31.2. The third-order valence-corrected chi connectivity index (χ3v) is 10.2. The summed E-state index contributed by atoms with van der Waals surface area (Å²) in [6.45, 7) is 4.66. The van der Waals surface area contributed by atoms with Gasteiger partial charge in [-0.3, -0.25) is 0 Å². The lowest BCUT2D eigenvalue weighted by Crippen LogP contribution is -2.25. The first kappa shape index (κ1) is 27.6. The second-order valence-electron chi connectivity index (χ2n) is 12.7. The second kappa shape index (κ2) is 15.1. The molecule has 0 saturated heterocycles. The predicted octanol–water partition coefficient (Wildman–Crippen LogP) is 10.9. The first-order chi connectivity index (χ1) is 17.7. The molecule has 1 aromatic rings. The van der Waals surface area contributed by atoms with Gasteiger partial charge in [0.2, 0.25) is 0 Å². The number of unbranched alkanes of at least 4 members (excludes halogenated alkanes) is 2. The van der Waals surface area contributed by atoms with E-state index in [1.54, 1.807) is 5.56 Å². The quantitative estimate of drug-likeness (QED) is 0.240. The summed E-state index contributed by atoms with van der Waals surface area (Å²) in [4.78, 5) is 0. The molecule has 0 unspecified atom stereocenters. The highest BCUT2D eigenvalue weighted by Gasteiger charge is 2.30. The molecule has 0 bridgehead atoms. The van der Waals surface area contributed by atoms with E-state index in [1.807, 2.05) is 0 Å². The molecule has 3 aliphatic carbocycles. The zero-order valence-corrected chi connectivity index (χ0v) is 23.7. The van der Waals surface area contributed by atoms with E-state index in [2.05, 4.69) is 62.1 Å². The van der Waals surface area contributed by atoms with E-state index >= 15 is 0 Å². The van der Waals surface area contributed by atoms with Gasteiger partial charge in [0.15, 0.2) is 0 Å². The van der Waals surface area contributed by atoms with Crippen molar-refractivity contribution >= 4 is 0 Å². The third kappa shape index (κ3) is 8.54. The van der Waals surface area contributed by atoms with Crippen molar-refractivity contribution in [2.75, 3.05) is 0 Å². The minimum Gasteiger partial charge on any atom is -0.0730 e. The van der Waals surface area contributed by atoms with E-state index in [4.69, 9.17) is 0 Å². The first-order valence-electron chi connectivity index (χ1n) is 16.0. The van der Waals surface area contributed by atoms with E-state index in [1.165, 1.54) is 121 Å². The fourth-order valence-corrected chi connectivity index (χ4v) is 7.78. The van der Waals surface area contributed by atoms with Gasteiger partial charge in [-0.15, -0.1) is 0 Å². The van der Waals surface area contributed by atoms with Gasteiger partial charge in [-0.25, -0.2) is 0 Å². The fourth-order valence-electron chi connectivity index (χ4n) is 7.78. The van der Waals surface area contributed by atoms with Crippen LogP contribution in [0.3, 0.4) is 0 Å². The molecule has 0 heteroatoms. The number of rotatable bonds is 9. The summed E-state index contributed by atoms with van der Waals surface area (Å²) in [6, 6.07) is 9.22. The third-order valence-electron chi connectivity index (χ3n) is 10.2. The van der Waals surface area contributed by atoms with Gasteiger partial charge in [0.1, 0.15) is 0 Å². The molecule has 0 heterocycles. The molecule has 0 aliphatic heterocycles. The van der Waals surface area contributed by atoms with Crippen LogP contribution in [-0.4, -0.2) is 0 Å². The average Bonchev–Trinajstić information content (AvgIpc) is 2.93. The van der Waals surface area contributed by atoms with Gasteiger partial charge >= 0.3 is 0 Å². The van der Waals surface area contributed by atoms with Crippen molar-refractivity contribution in [2.24, 2.45) is 29.6 Å². The Morgan fingerprint density at radius 1 is 0.667 bits per heavy atom. The van der Waals surface area contributed by atoms with Crippen molar-refractivity contribution < 1.29 is 0 Å². The number of allylic oxidation sites excluding steroid dienone is 2. The van der Waals surface area contributed by atoms with Crippen molar-refractivity contribution in [3.05, 3.63) is 47.5 Å². The van der Waals surface area contributed by atoms with Gasteiger partial charge in [-0.1, -0.05) is 95.3 Å². The van der Waals surface area contributed by atoms with Crippen molar-refractivity contribution in [1.29, 1.82) is 0 Å². The predicted molar refractivity (Wildman–Crippen MR) is 157 cm³/mol. The van der Waals surface area contributed by atoms with Gasteiger partial charge in [0.25, 0.3) is 0 Å². The van der Waals surface area contributed by atoms with Crippen molar-refractivity contribution in [2.45, 2.75) is 135 Å². The molecule has 0 amide bonds. The van der Waals surface area contributed by atoms with E-state index in [0.29, 0.717) is 0 Å². The Labute approximate surface area is 224 Å². The van der Waals surface area contributed by atoms with Crippen LogP contribution in [0.4, 0.5) is 0 Å². The SMILES string of the molecule is CCCCC[C@H]1CC[C@H](c2ccc(C#CC=C[C@H]3CC[C@H]([C@H]4CC[C@H](CCC)CC4)CC3)cc2)CC1. The highest BCUT2D eigenvalue weighted by Crippen LogP contribution is 2.42. The maximum atomic E-state index is 3.39. The molecular weight excluding hydrogens is 432 g/mol. The first-order valence-corrected chi connectivity index (χ1v) is 16.0. The fraction of sp³-hybridized carbons (Fsp3) is 0.722. The van der Waals surface area contributed by atoms with Gasteiger partial charge in [0.05, 0.1) is 0 Å². The van der Waals surface area contributed by atoms with E-state index in [-0.39, 0.29) is 0 Å². The molecule has 36 heavy (non-hydrogen) atoms. The lowest BCUT2D eigenvalue weighted by atomic mass is 9.69. The lowest BCUT2D eigenvalue weighted by Gasteiger charge is -2.37. The largest absolute Gasteiger partial charge is 0.0730 e. The van der Waals surface area contributed by atoms with Crippen LogP contribution in [0.1, 0.15) is 146 Å². The molecule has 3 fully saturated rings. The van der Waals surface area contributed by atoms with Crippen molar-refractivity contribution in [3.8, 4) is 11.8 Å². The monoisotopic (exact) mass is 486 g/mol. The molecule has 1 aromatic carbocycles. The van der Waals surface area contributed by atoms with Crippen LogP contribution in [0, 0.1) is 41.4 Å². The zero-order chi connectivity index (χ0) is 25.0. The van der Waals surface area contributed by atoms with Crippen LogP contribution in [0.2, 0.25) is 0 Å². The molecule has 3 saturated carbocycles. The highest BCUT2D eigenvalue weighted by atomic mass is 14.4. The maximum absolute atomic E-state index is 3.39. The summed E-state index contributed by atoms with van der Waals surface area (Å²) < 4.78 is 0. The molecule has 0 aromatic heterocycles. The Morgan fingerprint density at radius 3 is 1.92 bits per heavy atom. The summed E-state index contributed by atoms with van der Waals surface area (Å²) in [6.07, 6.45) is 30.4. The summed E-state index contributed by atoms with van der Waals surface area (Å²) >= 11 is 0. The molecule has 0 atom stereocenters. The van der Waals surface area contributed by atoms with Crippen LogP contribution < -0.4 is 0 Å². The molecule has 0 N–H and O–H groups in total. The van der Waals surface area contributed by atoms with E-state index in [0.717, 1.165) is 35.5 Å². The Kier molecular flexibility index (Phi) is 11.5. The maximum Gasteiger partial charge on any atom is 0.0249 e. The van der Waals surface area contributed by atoms with Gasteiger partial charge in [0, 0.05) is 5.56 Å². The average molecular weight is 487 g/mol. The van der Waals surface area contributed by atoms with Crippen molar-refractivity contribution in [3.63, 3.8) is 0 Å². The highest BCUT2D eigenvalue weighted by molar-refractivity contribution is 5.39. The lowest BCUT2D eigenvalue weighted by molar-refractivity contribution is 0.152.